The minimum Gasteiger partial charge on any atom is -0.367 e. The van der Waals surface area contributed by atoms with Crippen molar-refractivity contribution in [2.75, 3.05) is 23.9 Å². The highest BCUT2D eigenvalue weighted by Crippen LogP contribution is 2.25. The lowest BCUT2D eigenvalue weighted by molar-refractivity contribution is -0.0736. The van der Waals surface area contributed by atoms with Gasteiger partial charge in [-0.25, -0.2) is 9.97 Å². The van der Waals surface area contributed by atoms with Crippen LogP contribution in [0.3, 0.4) is 0 Å². The topological polar surface area (TPSA) is 38.2 Å². The van der Waals surface area contributed by atoms with Crippen molar-refractivity contribution in [3.63, 3.8) is 0 Å². The number of aryl methyl sites for hydroxylation is 2. The van der Waals surface area contributed by atoms with Crippen LogP contribution >= 0.6 is 11.6 Å². The Bertz CT molecular complexity index is 416. The zero-order chi connectivity index (χ0) is 13.3. The number of alkyl halides is 1. The Morgan fingerprint density at radius 2 is 2.17 bits per heavy atom. The van der Waals surface area contributed by atoms with Gasteiger partial charge < -0.3 is 9.64 Å². The van der Waals surface area contributed by atoms with Crippen LogP contribution in [0.2, 0.25) is 0 Å². The summed E-state index contributed by atoms with van der Waals surface area (Å²) in [5.41, 5.74) is 0.786. The number of ether oxygens (including phenoxy) is 1. The van der Waals surface area contributed by atoms with E-state index in [4.69, 9.17) is 16.3 Å². The fourth-order valence-corrected chi connectivity index (χ4v) is 2.57. The molecular weight excluding hydrogens is 250 g/mol. The third-order valence-corrected chi connectivity index (χ3v) is 3.27. The molecule has 5 heteroatoms. The minimum atomic E-state index is -0.204. The van der Waals surface area contributed by atoms with Gasteiger partial charge in [-0.1, -0.05) is 0 Å². The zero-order valence-electron chi connectivity index (χ0n) is 11.4. The first-order chi connectivity index (χ1) is 8.39. The lowest BCUT2D eigenvalue weighted by atomic mass is 10.1. The maximum Gasteiger partial charge on any atom is 0.132 e. The average molecular weight is 270 g/mol. The summed E-state index contributed by atoms with van der Waals surface area (Å²) in [6.45, 7) is 9.67. The van der Waals surface area contributed by atoms with Gasteiger partial charge in [0.2, 0.25) is 0 Å². The first-order valence-electron chi connectivity index (χ1n) is 6.20. The summed E-state index contributed by atoms with van der Waals surface area (Å²) in [6.07, 6.45) is 0.0472. The number of morpholine rings is 1. The van der Waals surface area contributed by atoms with Crippen molar-refractivity contribution < 1.29 is 4.74 Å². The number of nitrogens with zero attached hydrogens (tertiary/aromatic N) is 3. The van der Waals surface area contributed by atoms with E-state index in [1.54, 1.807) is 0 Å². The highest BCUT2D eigenvalue weighted by atomic mass is 35.5. The van der Waals surface area contributed by atoms with Gasteiger partial charge in [0.1, 0.15) is 11.6 Å². The molecule has 1 unspecified atom stereocenters. The molecule has 0 spiro atoms. The third kappa shape index (κ3) is 3.12. The monoisotopic (exact) mass is 269 g/mol. The molecule has 0 radical (unpaired) electrons. The Morgan fingerprint density at radius 3 is 2.78 bits per heavy atom. The van der Waals surface area contributed by atoms with Crippen LogP contribution in [0.4, 0.5) is 5.82 Å². The van der Waals surface area contributed by atoms with Crippen LogP contribution in [0.5, 0.6) is 0 Å². The van der Waals surface area contributed by atoms with Crippen molar-refractivity contribution in [1.29, 1.82) is 0 Å². The first-order valence-corrected chi connectivity index (χ1v) is 6.74. The molecule has 1 aromatic rings. The molecule has 0 N–H and O–H groups in total. The summed E-state index contributed by atoms with van der Waals surface area (Å²) in [7, 11) is 0. The number of aromatic nitrogens is 2. The Labute approximate surface area is 113 Å². The van der Waals surface area contributed by atoms with E-state index < -0.39 is 0 Å². The van der Waals surface area contributed by atoms with Crippen LogP contribution in [0.1, 0.15) is 25.4 Å². The van der Waals surface area contributed by atoms with Gasteiger partial charge in [-0.3, -0.25) is 0 Å². The molecule has 1 aromatic heterocycles. The zero-order valence-corrected chi connectivity index (χ0v) is 12.2. The smallest absolute Gasteiger partial charge is 0.132 e. The number of rotatable bonds is 2. The molecule has 0 aromatic carbocycles. The second-order valence-corrected chi connectivity index (χ2v) is 5.76. The van der Waals surface area contributed by atoms with Gasteiger partial charge in [0.05, 0.1) is 17.6 Å². The molecule has 1 saturated heterocycles. The van der Waals surface area contributed by atoms with E-state index in [9.17, 15) is 0 Å². The van der Waals surface area contributed by atoms with E-state index in [0.717, 1.165) is 30.4 Å². The second-order valence-electron chi connectivity index (χ2n) is 5.45. The van der Waals surface area contributed by atoms with Gasteiger partial charge >= 0.3 is 0 Å². The molecule has 1 atom stereocenters. The molecule has 2 rings (SSSR count). The van der Waals surface area contributed by atoms with Crippen LogP contribution in [0, 0.1) is 13.8 Å². The van der Waals surface area contributed by atoms with Crippen molar-refractivity contribution in [1.82, 2.24) is 9.97 Å². The number of halogens is 1. The normalized spacial score (nSPS) is 23.2. The van der Waals surface area contributed by atoms with Crippen molar-refractivity contribution in [3.05, 3.63) is 17.6 Å². The largest absolute Gasteiger partial charge is 0.367 e. The van der Waals surface area contributed by atoms with Gasteiger partial charge in [-0.15, -0.1) is 11.6 Å². The summed E-state index contributed by atoms with van der Waals surface area (Å²) in [4.78, 5) is 11.1. The van der Waals surface area contributed by atoms with Crippen LogP contribution in [0.25, 0.3) is 0 Å². The highest BCUT2D eigenvalue weighted by molar-refractivity contribution is 6.18. The van der Waals surface area contributed by atoms with Gasteiger partial charge in [0, 0.05) is 24.8 Å². The van der Waals surface area contributed by atoms with Crippen LogP contribution in [0.15, 0.2) is 6.07 Å². The van der Waals surface area contributed by atoms with Crippen molar-refractivity contribution >= 4 is 17.4 Å². The Hall–Kier alpha value is -0.870. The van der Waals surface area contributed by atoms with E-state index in [0.29, 0.717) is 5.88 Å². The fraction of sp³-hybridized carbons (Fsp3) is 0.692. The second kappa shape index (κ2) is 5.02. The molecule has 100 valence electrons. The maximum absolute atomic E-state index is 5.94. The van der Waals surface area contributed by atoms with Crippen molar-refractivity contribution in [2.45, 2.75) is 39.4 Å². The van der Waals surface area contributed by atoms with Gasteiger partial charge in [0.15, 0.2) is 0 Å². The van der Waals surface area contributed by atoms with Crippen LogP contribution < -0.4 is 4.90 Å². The van der Waals surface area contributed by atoms with E-state index in [1.807, 2.05) is 19.9 Å². The van der Waals surface area contributed by atoms with Gasteiger partial charge in [-0.2, -0.15) is 0 Å². The highest BCUT2D eigenvalue weighted by Gasteiger charge is 2.33. The van der Waals surface area contributed by atoms with E-state index >= 15 is 0 Å². The molecule has 0 bridgehead atoms. The molecule has 1 fully saturated rings. The Balaban J connectivity index is 2.26. The molecule has 0 saturated carbocycles. The molecular formula is C13H20ClN3O. The molecule has 0 amide bonds. The van der Waals surface area contributed by atoms with E-state index in [2.05, 4.69) is 28.7 Å². The standard InChI is InChI=1S/C13H20ClN3O/c1-9-5-12(16-10(2)15-9)17-7-11(6-14)18-13(3,4)8-17/h5,11H,6-8H2,1-4H3. The lowest BCUT2D eigenvalue weighted by Gasteiger charge is -2.42. The number of anilines is 1. The summed E-state index contributed by atoms with van der Waals surface area (Å²) in [5, 5.41) is 0. The third-order valence-electron chi connectivity index (χ3n) is 2.93. The van der Waals surface area contributed by atoms with Crippen molar-refractivity contribution in [2.24, 2.45) is 0 Å². The summed E-state index contributed by atoms with van der Waals surface area (Å²) in [6, 6.07) is 2.01. The number of hydrogen-bond donors (Lipinski definition) is 0. The predicted molar refractivity (Wildman–Crippen MR) is 73.4 cm³/mol. The molecule has 1 aliphatic heterocycles. The average Bonchev–Trinajstić information content (AvgIpc) is 2.25. The molecule has 1 aliphatic rings. The summed E-state index contributed by atoms with van der Waals surface area (Å²) >= 11 is 5.94. The first kappa shape index (κ1) is 13.6. The van der Waals surface area contributed by atoms with Crippen LogP contribution in [-0.2, 0) is 4.74 Å². The molecule has 4 nitrogen and oxygen atoms in total. The summed E-state index contributed by atoms with van der Waals surface area (Å²) in [5.74, 6) is 2.27. The van der Waals surface area contributed by atoms with Gasteiger partial charge in [-0.05, 0) is 27.7 Å². The number of hydrogen-bond acceptors (Lipinski definition) is 4. The predicted octanol–water partition coefficient (Wildman–Crippen LogP) is 2.32. The molecule has 2 heterocycles. The fourth-order valence-electron chi connectivity index (χ4n) is 2.41. The Kier molecular flexibility index (Phi) is 3.78. The van der Waals surface area contributed by atoms with E-state index in [-0.39, 0.29) is 11.7 Å². The summed E-state index contributed by atoms with van der Waals surface area (Å²) < 4.78 is 5.92. The minimum absolute atomic E-state index is 0.0472. The lowest BCUT2D eigenvalue weighted by Crippen LogP contribution is -2.53. The quantitative estimate of drug-likeness (QED) is 0.773. The van der Waals surface area contributed by atoms with Crippen molar-refractivity contribution in [3.8, 4) is 0 Å². The SMILES string of the molecule is Cc1cc(N2CC(CCl)OC(C)(C)C2)nc(C)n1. The maximum atomic E-state index is 5.94. The Morgan fingerprint density at radius 1 is 1.44 bits per heavy atom. The van der Waals surface area contributed by atoms with Gasteiger partial charge in [0.25, 0.3) is 0 Å². The van der Waals surface area contributed by atoms with E-state index in [1.165, 1.54) is 0 Å². The molecule has 0 aliphatic carbocycles. The molecule has 18 heavy (non-hydrogen) atoms. The van der Waals surface area contributed by atoms with Crippen LogP contribution in [-0.4, -0.2) is 40.6 Å².